The summed E-state index contributed by atoms with van der Waals surface area (Å²) in [6.45, 7) is 2.75. The van der Waals surface area contributed by atoms with Gasteiger partial charge in [-0.2, -0.15) is 0 Å². The maximum Gasteiger partial charge on any atom is 0.308 e. The van der Waals surface area contributed by atoms with Crippen LogP contribution in [0.15, 0.2) is 18.2 Å². The molecule has 0 saturated carbocycles. The highest BCUT2D eigenvalue weighted by Crippen LogP contribution is 2.29. The molecule has 86 valence electrons. The zero-order chi connectivity index (χ0) is 11.7. The number of hydrogen-bond donors (Lipinski definition) is 2. The average molecular weight is 223 g/mol. The Balaban J connectivity index is 2.29. The van der Waals surface area contributed by atoms with Crippen molar-refractivity contribution in [2.45, 2.75) is 12.8 Å². The second kappa shape index (κ2) is 4.22. The molecule has 1 aliphatic heterocycles. The molecule has 1 heterocycles. The normalized spacial score (nSPS) is 24.6. The van der Waals surface area contributed by atoms with E-state index in [-0.39, 0.29) is 11.7 Å². The lowest BCUT2D eigenvalue weighted by molar-refractivity contribution is -0.141. The van der Waals surface area contributed by atoms with E-state index in [1.54, 1.807) is 13.0 Å². The molecule has 1 aliphatic rings. The summed E-state index contributed by atoms with van der Waals surface area (Å²) in [6.07, 6.45) is 0. The fourth-order valence-corrected chi connectivity index (χ4v) is 2.13. The molecule has 0 spiro atoms. The van der Waals surface area contributed by atoms with Crippen molar-refractivity contribution in [2.75, 3.05) is 13.1 Å². The van der Waals surface area contributed by atoms with Crippen LogP contribution in [0.3, 0.4) is 0 Å². The SMILES string of the molecule is Cc1ccc(C2CNCC2C(=O)O)cc1F. The predicted octanol–water partition coefficient (Wildman–Crippen LogP) is 1.52. The van der Waals surface area contributed by atoms with Crippen LogP contribution in [0.25, 0.3) is 0 Å². The first-order valence-electron chi connectivity index (χ1n) is 5.29. The molecule has 2 N–H and O–H groups in total. The van der Waals surface area contributed by atoms with Gasteiger partial charge in [-0.25, -0.2) is 4.39 Å². The summed E-state index contributed by atoms with van der Waals surface area (Å²) in [7, 11) is 0. The molecule has 2 unspecified atom stereocenters. The van der Waals surface area contributed by atoms with Crippen molar-refractivity contribution in [3.8, 4) is 0 Å². The number of halogens is 1. The maximum atomic E-state index is 13.4. The number of aryl methyl sites for hydroxylation is 1. The zero-order valence-corrected chi connectivity index (χ0v) is 9.03. The predicted molar refractivity (Wildman–Crippen MR) is 57.9 cm³/mol. The fourth-order valence-electron chi connectivity index (χ4n) is 2.13. The molecule has 2 atom stereocenters. The van der Waals surface area contributed by atoms with Crippen LogP contribution in [0.1, 0.15) is 17.0 Å². The van der Waals surface area contributed by atoms with Gasteiger partial charge in [0.2, 0.25) is 0 Å². The van der Waals surface area contributed by atoms with Gasteiger partial charge in [0.25, 0.3) is 0 Å². The molecule has 0 radical (unpaired) electrons. The lowest BCUT2D eigenvalue weighted by Crippen LogP contribution is -2.21. The highest BCUT2D eigenvalue weighted by atomic mass is 19.1. The third-order valence-corrected chi connectivity index (χ3v) is 3.16. The molecule has 0 aromatic heterocycles. The van der Waals surface area contributed by atoms with E-state index in [1.807, 2.05) is 6.07 Å². The van der Waals surface area contributed by atoms with Gasteiger partial charge in [0, 0.05) is 19.0 Å². The van der Waals surface area contributed by atoms with E-state index < -0.39 is 11.9 Å². The zero-order valence-electron chi connectivity index (χ0n) is 9.03. The number of carboxylic acid groups (broad SMARTS) is 1. The molecule has 0 aliphatic carbocycles. The number of benzene rings is 1. The van der Waals surface area contributed by atoms with E-state index in [2.05, 4.69) is 5.32 Å². The Morgan fingerprint density at radius 2 is 2.25 bits per heavy atom. The van der Waals surface area contributed by atoms with Crippen molar-refractivity contribution in [1.29, 1.82) is 0 Å². The van der Waals surface area contributed by atoms with Gasteiger partial charge in [-0.05, 0) is 24.1 Å². The van der Waals surface area contributed by atoms with Gasteiger partial charge >= 0.3 is 5.97 Å². The minimum absolute atomic E-state index is 0.132. The van der Waals surface area contributed by atoms with Crippen molar-refractivity contribution < 1.29 is 14.3 Å². The number of hydrogen-bond acceptors (Lipinski definition) is 2. The van der Waals surface area contributed by atoms with Gasteiger partial charge in [-0.3, -0.25) is 4.79 Å². The lowest BCUT2D eigenvalue weighted by Gasteiger charge is -2.15. The second-order valence-corrected chi connectivity index (χ2v) is 4.22. The van der Waals surface area contributed by atoms with Crippen molar-refractivity contribution >= 4 is 5.97 Å². The van der Waals surface area contributed by atoms with E-state index in [1.165, 1.54) is 6.07 Å². The van der Waals surface area contributed by atoms with Gasteiger partial charge in [-0.1, -0.05) is 12.1 Å². The second-order valence-electron chi connectivity index (χ2n) is 4.22. The van der Waals surface area contributed by atoms with Gasteiger partial charge in [0.05, 0.1) is 5.92 Å². The molecule has 1 aromatic carbocycles. The fraction of sp³-hybridized carbons (Fsp3) is 0.417. The first kappa shape index (κ1) is 11.1. The van der Waals surface area contributed by atoms with Crippen molar-refractivity contribution in [3.05, 3.63) is 35.1 Å². The maximum absolute atomic E-state index is 13.4. The molecule has 0 bridgehead atoms. The van der Waals surface area contributed by atoms with Crippen molar-refractivity contribution in [1.82, 2.24) is 5.32 Å². The highest BCUT2D eigenvalue weighted by Gasteiger charge is 2.33. The van der Waals surface area contributed by atoms with Crippen LogP contribution >= 0.6 is 0 Å². The summed E-state index contributed by atoms with van der Waals surface area (Å²) < 4.78 is 13.4. The molecule has 16 heavy (non-hydrogen) atoms. The highest BCUT2D eigenvalue weighted by molar-refractivity contribution is 5.72. The van der Waals surface area contributed by atoms with Crippen molar-refractivity contribution in [3.63, 3.8) is 0 Å². The lowest BCUT2D eigenvalue weighted by atomic mass is 9.88. The average Bonchev–Trinajstić information content (AvgIpc) is 2.71. The number of carbonyl (C=O) groups is 1. The van der Waals surface area contributed by atoms with Gasteiger partial charge in [0.1, 0.15) is 5.82 Å². The third kappa shape index (κ3) is 1.93. The summed E-state index contributed by atoms with van der Waals surface area (Å²) in [6, 6.07) is 4.96. The Hall–Kier alpha value is -1.42. The van der Waals surface area contributed by atoms with Crippen LogP contribution in [0.5, 0.6) is 0 Å². The van der Waals surface area contributed by atoms with E-state index in [9.17, 15) is 9.18 Å². The van der Waals surface area contributed by atoms with Crippen LogP contribution in [-0.2, 0) is 4.79 Å². The topological polar surface area (TPSA) is 49.3 Å². The Bertz CT molecular complexity index is 419. The van der Waals surface area contributed by atoms with E-state index >= 15 is 0 Å². The molecule has 0 amide bonds. The summed E-state index contributed by atoms with van der Waals surface area (Å²) >= 11 is 0. The molecule has 1 saturated heterocycles. The van der Waals surface area contributed by atoms with Crippen LogP contribution in [0.2, 0.25) is 0 Å². The first-order valence-corrected chi connectivity index (χ1v) is 5.29. The standard InChI is InChI=1S/C12H14FNO2/c1-7-2-3-8(4-11(7)13)9-5-14-6-10(9)12(15)16/h2-4,9-10,14H,5-6H2,1H3,(H,15,16). The van der Waals surface area contributed by atoms with Gasteiger partial charge < -0.3 is 10.4 Å². The largest absolute Gasteiger partial charge is 0.481 e. The summed E-state index contributed by atoms with van der Waals surface area (Å²) in [5, 5.41) is 12.1. The van der Waals surface area contributed by atoms with E-state index in [0.717, 1.165) is 5.56 Å². The number of rotatable bonds is 2. The molecular weight excluding hydrogens is 209 g/mol. The van der Waals surface area contributed by atoms with Crippen molar-refractivity contribution in [2.24, 2.45) is 5.92 Å². The molecule has 1 aromatic rings. The Labute approximate surface area is 93.3 Å². The van der Waals surface area contributed by atoms with Gasteiger partial charge in [0.15, 0.2) is 0 Å². The number of aliphatic carboxylic acids is 1. The van der Waals surface area contributed by atoms with Crippen LogP contribution in [0.4, 0.5) is 4.39 Å². The van der Waals surface area contributed by atoms with Crippen LogP contribution < -0.4 is 5.32 Å². The van der Waals surface area contributed by atoms with Crippen LogP contribution in [0, 0.1) is 18.7 Å². The Morgan fingerprint density at radius 1 is 1.50 bits per heavy atom. The van der Waals surface area contributed by atoms with Gasteiger partial charge in [-0.15, -0.1) is 0 Å². The summed E-state index contributed by atoms with van der Waals surface area (Å²) in [5.74, 6) is -1.68. The smallest absolute Gasteiger partial charge is 0.308 e. The number of nitrogens with one attached hydrogen (secondary N) is 1. The monoisotopic (exact) mass is 223 g/mol. The number of carboxylic acids is 1. The minimum atomic E-state index is -0.823. The van der Waals surface area contributed by atoms with Crippen LogP contribution in [-0.4, -0.2) is 24.2 Å². The first-order chi connectivity index (χ1) is 7.59. The molecule has 4 heteroatoms. The van der Waals surface area contributed by atoms with E-state index in [4.69, 9.17) is 5.11 Å². The molecule has 2 rings (SSSR count). The third-order valence-electron chi connectivity index (χ3n) is 3.16. The molecular formula is C12H14FNO2. The molecule has 1 fully saturated rings. The quantitative estimate of drug-likeness (QED) is 0.799. The summed E-state index contributed by atoms with van der Waals surface area (Å²) in [5.41, 5.74) is 1.35. The molecule has 3 nitrogen and oxygen atoms in total. The van der Waals surface area contributed by atoms with E-state index in [0.29, 0.717) is 18.7 Å². The Kier molecular flexibility index (Phi) is 2.92. The minimum Gasteiger partial charge on any atom is -0.481 e. The summed E-state index contributed by atoms with van der Waals surface area (Å²) in [4.78, 5) is 11.0. The Morgan fingerprint density at radius 3 is 2.88 bits per heavy atom.